The highest BCUT2D eigenvalue weighted by atomic mass is 16.5. The Labute approximate surface area is 91.9 Å². The summed E-state index contributed by atoms with van der Waals surface area (Å²) in [7, 11) is 2.17. The van der Waals surface area contributed by atoms with Gasteiger partial charge in [-0.15, -0.1) is 0 Å². The van der Waals surface area contributed by atoms with Gasteiger partial charge in [0.2, 0.25) is 0 Å². The van der Waals surface area contributed by atoms with E-state index in [4.69, 9.17) is 16.2 Å². The molecule has 0 aromatic rings. The van der Waals surface area contributed by atoms with Crippen molar-refractivity contribution in [2.45, 2.75) is 18.9 Å². The van der Waals surface area contributed by atoms with Gasteiger partial charge in [0, 0.05) is 24.5 Å². The monoisotopic (exact) mass is 213 g/mol. The standard InChI is InChI=1S/C11H23N3O/c1-14-4-2-3-9(5-14)10(13)11(6-12)7-15-8-11/h9-10H,2-8,12-13H2,1H3. The first-order chi connectivity index (χ1) is 7.18. The molecule has 4 nitrogen and oxygen atoms in total. The van der Waals surface area contributed by atoms with Crippen LogP contribution in [-0.4, -0.2) is 50.8 Å². The van der Waals surface area contributed by atoms with Crippen LogP contribution in [0.25, 0.3) is 0 Å². The molecule has 2 aliphatic rings. The van der Waals surface area contributed by atoms with Crippen LogP contribution >= 0.6 is 0 Å². The lowest BCUT2D eigenvalue weighted by Crippen LogP contribution is -2.63. The van der Waals surface area contributed by atoms with Crippen LogP contribution in [-0.2, 0) is 4.74 Å². The van der Waals surface area contributed by atoms with Crippen LogP contribution in [0.4, 0.5) is 0 Å². The summed E-state index contributed by atoms with van der Waals surface area (Å²) in [5.41, 5.74) is 12.3. The van der Waals surface area contributed by atoms with Gasteiger partial charge in [-0.3, -0.25) is 0 Å². The van der Waals surface area contributed by atoms with Crippen LogP contribution in [0.15, 0.2) is 0 Å². The van der Waals surface area contributed by atoms with Gasteiger partial charge >= 0.3 is 0 Å². The molecule has 0 radical (unpaired) electrons. The van der Waals surface area contributed by atoms with Crippen molar-refractivity contribution in [1.29, 1.82) is 0 Å². The van der Waals surface area contributed by atoms with Crippen molar-refractivity contribution in [3.8, 4) is 0 Å². The molecule has 4 heteroatoms. The van der Waals surface area contributed by atoms with E-state index < -0.39 is 0 Å². The largest absolute Gasteiger partial charge is 0.380 e. The van der Waals surface area contributed by atoms with Crippen LogP contribution in [0.2, 0.25) is 0 Å². The summed E-state index contributed by atoms with van der Waals surface area (Å²) in [6, 6.07) is 0.207. The quantitative estimate of drug-likeness (QED) is 0.671. The van der Waals surface area contributed by atoms with Gasteiger partial charge in [0.1, 0.15) is 0 Å². The van der Waals surface area contributed by atoms with Crippen LogP contribution in [0.1, 0.15) is 12.8 Å². The van der Waals surface area contributed by atoms with Crippen LogP contribution in [0, 0.1) is 11.3 Å². The van der Waals surface area contributed by atoms with Crippen molar-refractivity contribution in [3.05, 3.63) is 0 Å². The molecule has 15 heavy (non-hydrogen) atoms. The second kappa shape index (κ2) is 4.37. The third-order valence-electron chi connectivity index (χ3n) is 4.06. The molecule has 0 bridgehead atoms. The minimum absolute atomic E-state index is 0.0723. The normalized spacial score (nSPS) is 33.4. The maximum Gasteiger partial charge on any atom is 0.0572 e. The lowest BCUT2D eigenvalue weighted by Gasteiger charge is -2.49. The van der Waals surface area contributed by atoms with E-state index in [0.29, 0.717) is 12.5 Å². The molecular formula is C11H23N3O. The topological polar surface area (TPSA) is 64.5 Å². The third-order valence-corrected chi connectivity index (χ3v) is 4.06. The molecule has 2 fully saturated rings. The number of ether oxygens (including phenoxy) is 1. The van der Waals surface area contributed by atoms with Crippen molar-refractivity contribution in [2.75, 3.05) is 39.9 Å². The summed E-state index contributed by atoms with van der Waals surface area (Å²) in [6.07, 6.45) is 2.50. The van der Waals surface area contributed by atoms with E-state index >= 15 is 0 Å². The van der Waals surface area contributed by atoms with Crippen molar-refractivity contribution in [2.24, 2.45) is 22.8 Å². The summed E-state index contributed by atoms with van der Waals surface area (Å²) in [5.74, 6) is 0.594. The summed E-state index contributed by atoms with van der Waals surface area (Å²) < 4.78 is 5.29. The Hall–Kier alpha value is -0.160. The molecule has 0 aliphatic carbocycles. The van der Waals surface area contributed by atoms with Gasteiger partial charge in [-0.1, -0.05) is 0 Å². The number of piperidine rings is 1. The van der Waals surface area contributed by atoms with E-state index in [9.17, 15) is 0 Å². The van der Waals surface area contributed by atoms with Gasteiger partial charge in [0.25, 0.3) is 0 Å². The second-order valence-corrected chi connectivity index (χ2v) is 5.25. The fraction of sp³-hybridized carbons (Fsp3) is 1.00. The molecule has 2 atom stereocenters. The Bertz CT molecular complexity index is 212. The molecule has 2 saturated heterocycles. The smallest absolute Gasteiger partial charge is 0.0572 e. The van der Waals surface area contributed by atoms with Crippen molar-refractivity contribution in [1.82, 2.24) is 4.90 Å². The van der Waals surface area contributed by atoms with Crippen LogP contribution < -0.4 is 11.5 Å². The van der Waals surface area contributed by atoms with Gasteiger partial charge in [0.05, 0.1) is 13.2 Å². The fourth-order valence-corrected chi connectivity index (χ4v) is 2.81. The van der Waals surface area contributed by atoms with E-state index in [2.05, 4.69) is 11.9 Å². The minimum Gasteiger partial charge on any atom is -0.380 e. The van der Waals surface area contributed by atoms with Gasteiger partial charge in [-0.05, 0) is 32.4 Å². The van der Waals surface area contributed by atoms with Gasteiger partial charge in [-0.25, -0.2) is 0 Å². The summed E-state index contributed by atoms with van der Waals surface area (Å²) >= 11 is 0. The Morgan fingerprint density at radius 1 is 1.53 bits per heavy atom. The first kappa shape index (κ1) is 11.3. The molecule has 0 aromatic carbocycles. The maximum atomic E-state index is 6.37. The molecule has 0 amide bonds. The van der Waals surface area contributed by atoms with E-state index in [0.717, 1.165) is 19.8 Å². The van der Waals surface area contributed by atoms with Gasteiger partial charge in [0.15, 0.2) is 0 Å². The van der Waals surface area contributed by atoms with Gasteiger partial charge in [-0.2, -0.15) is 0 Å². The zero-order chi connectivity index (χ0) is 10.9. The lowest BCUT2D eigenvalue weighted by molar-refractivity contribution is -0.132. The van der Waals surface area contributed by atoms with Crippen LogP contribution in [0.3, 0.4) is 0 Å². The highest BCUT2D eigenvalue weighted by Gasteiger charge is 2.46. The average Bonchev–Trinajstić information content (AvgIpc) is 2.17. The highest BCUT2D eigenvalue weighted by molar-refractivity contribution is 4.99. The predicted octanol–water partition coefficient (Wildman–Crippen LogP) is -0.369. The van der Waals surface area contributed by atoms with Crippen molar-refractivity contribution in [3.63, 3.8) is 0 Å². The Morgan fingerprint density at radius 2 is 2.27 bits per heavy atom. The Kier molecular flexibility index (Phi) is 3.30. The molecule has 0 spiro atoms. The number of rotatable bonds is 3. The fourth-order valence-electron chi connectivity index (χ4n) is 2.81. The second-order valence-electron chi connectivity index (χ2n) is 5.25. The lowest BCUT2D eigenvalue weighted by atomic mass is 9.71. The molecule has 4 N–H and O–H groups in total. The molecule has 2 rings (SSSR count). The van der Waals surface area contributed by atoms with Crippen molar-refractivity contribution >= 4 is 0 Å². The maximum absolute atomic E-state index is 6.37. The zero-order valence-electron chi connectivity index (χ0n) is 9.61. The van der Waals surface area contributed by atoms with Crippen LogP contribution in [0.5, 0.6) is 0 Å². The molecule has 2 unspecified atom stereocenters. The Balaban J connectivity index is 1.96. The molecule has 88 valence electrons. The molecule has 2 heterocycles. The first-order valence-corrected chi connectivity index (χ1v) is 5.90. The molecule has 0 saturated carbocycles. The van der Waals surface area contributed by atoms with Crippen molar-refractivity contribution < 1.29 is 4.74 Å². The molecular weight excluding hydrogens is 190 g/mol. The van der Waals surface area contributed by atoms with E-state index in [1.165, 1.54) is 19.4 Å². The Morgan fingerprint density at radius 3 is 2.73 bits per heavy atom. The summed E-state index contributed by atoms with van der Waals surface area (Å²) in [4.78, 5) is 2.37. The third kappa shape index (κ3) is 2.04. The highest BCUT2D eigenvalue weighted by Crippen LogP contribution is 2.35. The summed E-state index contributed by atoms with van der Waals surface area (Å²) in [6.45, 7) is 4.49. The van der Waals surface area contributed by atoms with E-state index in [1.807, 2.05) is 0 Å². The van der Waals surface area contributed by atoms with Gasteiger partial charge < -0.3 is 21.1 Å². The van der Waals surface area contributed by atoms with E-state index in [-0.39, 0.29) is 11.5 Å². The minimum atomic E-state index is 0.0723. The number of likely N-dealkylation sites (tertiary alicyclic amines) is 1. The first-order valence-electron chi connectivity index (χ1n) is 5.90. The number of hydrogen-bond acceptors (Lipinski definition) is 4. The zero-order valence-corrected chi connectivity index (χ0v) is 9.61. The molecule has 0 aromatic heterocycles. The average molecular weight is 213 g/mol. The predicted molar refractivity (Wildman–Crippen MR) is 60.5 cm³/mol. The van der Waals surface area contributed by atoms with E-state index in [1.54, 1.807) is 0 Å². The number of nitrogens with two attached hydrogens (primary N) is 2. The number of hydrogen-bond donors (Lipinski definition) is 2. The SMILES string of the molecule is CN1CCCC(C(N)C2(CN)COC2)C1. The molecule has 2 aliphatic heterocycles. The number of nitrogens with zero attached hydrogens (tertiary/aromatic N) is 1. The summed E-state index contributed by atoms with van der Waals surface area (Å²) in [5, 5.41) is 0.